The number of aliphatic hydroxyl groups is 1. The second kappa shape index (κ2) is 8.71. The van der Waals surface area contributed by atoms with Gasteiger partial charge >= 0.3 is 0 Å². The average Bonchev–Trinajstić information content (AvgIpc) is 3.42. The fraction of sp³-hybridized carbons (Fsp3) is 0.214. The van der Waals surface area contributed by atoms with Crippen LogP contribution >= 0.6 is 0 Å². The predicted octanol–water partition coefficient (Wildman–Crippen LogP) is 4.95. The number of hydrogen-bond donors (Lipinski definition) is 1. The Morgan fingerprint density at radius 2 is 1.85 bits per heavy atom. The van der Waals surface area contributed by atoms with Crippen molar-refractivity contribution >= 4 is 23.1 Å². The summed E-state index contributed by atoms with van der Waals surface area (Å²) in [6.07, 6.45) is 0.734. The van der Waals surface area contributed by atoms with E-state index in [0.717, 1.165) is 28.9 Å². The lowest BCUT2D eigenvalue weighted by Crippen LogP contribution is -2.29. The van der Waals surface area contributed by atoms with Gasteiger partial charge in [-0.3, -0.25) is 14.5 Å². The normalized spacial score (nSPS) is 18.6. The zero-order valence-electron chi connectivity index (χ0n) is 19.1. The van der Waals surface area contributed by atoms with Crippen molar-refractivity contribution < 1.29 is 24.2 Å². The summed E-state index contributed by atoms with van der Waals surface area (Å²) in [7, 11) is 0. The van der Waals surface area contributed by atoms with Gasteiger partial charge in [-0.1, -0.05) is 24.3 Å². The largest absolute Gasteiger partial charge is 0.507 e. The third-order valence-electron chi connectivity index (χ3n) is 6.32. The molecule has 1 saturated heterocycles. The molecule has 2 aliphatic rings. The molecule has 1 fully saturated rings. The van der Waals surface area contributed by atoms with Crippen LogP contribution in [0.4, 0.5) is 5.69 Å². The quantitative estimate of drug-likeness (QED) is 0.335. The van der Waals surface area contributed by atoms with E-state index in [1.807, 2.05) is 44.2 Å². The summed E-state index contributed by atoms with van der Waals surface area (Å²) in [5, 5.41) is 11.4. The van der Waals surface area contributed by atoms with E-state index in [4.69, 9.17) is 9.47 Å². The van der Waals surface area contributed by atoms with E-state index >= 15 is 0 Å². The first-order valence-corrected chi connectivity index (χ1v) is 11.3. The number of carbonyl (C=O) groups is 2. The number of amides is 1. The Morgan fingerprint density at radius 1 is 1.09 bits per heavy atom. The molecule has 6 heteroatoms. The molecule has 0 aliphatic carbocycles. The first-order valence-electron chi connectivity index (χ1n) is 11.3. The van der Waals surface area contributed by atoms with Gasteiger partial charge in [-0.05, 0) is 73.0 Å². The van der Waals surface area contributed by atoms with Crippen LogP contribution in [0.15, 0.2) is 72.3 Å². The van der Waals surface area contributed by atoms with Gasteiger partial charge in [0.1, 0.15) is 17.3 Å². The van der Waals surface area contributed by atoms with Gasteiger partial charge in [-0.25, -0.2) is 0 Å². The molecule has 0 saturated carbocycles. The average molecular weight is 456 g/mol. The fourth-order valence-corrected chi connectivity index (χ4v) is 4.65. The number of hydrogen-bond acceptors (Lipinski definition) is 5. The molecule has 0 bridgehead atoms. The predicted molar refractivity (Wildman–Crippen MR) is 129 cm³/mol. The molecule has 0 spiro atoms. The van der Waals surface area contributed by atoms with Crippen LogP contribution in [0.3, 0.4) is 0 Å². The lowest BCUT2D eigenvalue weighted by Gasteiger charge is -2.26. The van der Waals surface area contributed by atoms with Gasteiger partial charge in [-0.15, -0.1) is 0 Å². The van der Waals surface area contributed by atoms with Gasteiger partial charge in [0.15, 0.2) is 0 Å². The first kappa shape index (κ1) is 21.8. The summed E-state index contributed by atoms with van der Waals surface area (Å²) < 4.78 is 11.1. The molecule has 2 aliphatic heterocycles. The van der Waals surface area contributed by atoms with Crippen molar-refractivity contribution in [3.63, 3.8) is 0 Å². The van der Waals surface area contributed by atoms with E-state index in [0.29, 0.717) is 30.2 Å². The Labute approximate surface area is 198 Å². The summed E-state index contributed by atoms with van der Waals surface area (Å²) in [5.74, 6) is -0.118. The molecule has 1 amide bonds. The van der Waals surface area contributed by atoms with Crippen molar-refractivity contribution in [2.75, 3.05) is 18.1 Å². The van der Waals surface area contributed by atoms with E-state index < -0.39 is 17.7 Å². The molecule has 5 rings (SSSR count). The van der Waals surface area contributed by atoms with Crippen molar-refractivity contribution in [1.82, 2.24) is 0 Å². The maximum atomic E-state index is 13.3. The molecule has 2 heterocycles. The second-order valence-electron chi connectivity index (χ2n) is 8.37. The minimum atomic E-state index is -0.761. The van der Waals surface area contributed by atoms with Crippen molar-refractivity contribution in [2.45, 2.75) is 26.3 Å². The topological polar surface area (TPSA) is 76.1 Å². The highest BCUT2D eigenvalue weighted by Crippen LogP contribution is 2.43. The fourth-order valence-electron chi connectivity index (χ4n) is 4.65. The number of anilines is 1. The zero-order valence-corrected chi connectivity index (χ0v) is 19.1. The number of aryl methyl sites for hydroxylation is 1. The number of rotatable bonds is 5. The van der Waals surface area contributed by atoms with Gasteiger partial charge in [0.25, 0.3) is 11.7 Å². The van der Waals surface area contributed by atoms with Crippen LogP contribution in [0, 0.1) is 6.92 Å². The highest BCUT2D eigenvalue weighted by molar-refractivity contribution is 6.51. The Morgan fingerprint density at radius 3 is 2.59 bits per heavy atom. The van der Waals surface area contributed by atoms with Crippen LogP contribution in [-0.4, -0.2) is 30.0 Å². The second-order valence-corrected chi connectivity index (χ2v) is 8.37. The number of ketones is 1. The minimum Gasteiger partial charge on any atom is -0.507 e. The summed E-state index contributed by atoms with van der Waals surface area (Å²) in [6, 6.07) is 19.2. The molecule has 172 valence electrons. The summed E-state index contributed by atoms with van der Waals surface area (Å²) >= 11 is 0. The Hall–Kier alpha value is -4.06. The van der Waals surface area contributed by atoms with Gasteiger partial charge in [-0.2, -0.15) is 0 Å². The molecule has 1 unspecified atom stereocenters. The summed E-state index contributed by atoms with van der Waals surface area (Å²) in [4.78, 5) is 28.1. The van der Waals surface area contributed by atoms with E-state index in [2.05, 4.69) is 0 Å². The molecular formula is C28H25NO5. The molecule has 0 radical (unpaired) electrons. The number of benzene rings is 3. The summed E-state index contributed by atoms with van der Waals surface area (Å²) in [6.45, 7) is 4.94. The molecule has 3 aromatic carbocycles. The Bertz CT molecular complexity index is 1310. The Balaban J connectivity index is 1.67. The van der Waals surface area contributed by atoms with Crippen LogP contribution in [0.5, 0.6) is 11.5 Å². The first-order chi connectivity index (χ1) is 16.5. The number of ether oxygens (including phenoxy) is 2. The van der Waals surface area contributed by atoms with Crippen molar-refractivity contribution in [3.8, 4) is 11.5 Å². The van der Waals surface area contributed by atoms with Crippen LogP contribution in [0.1, 0.15) is 35.2 Å². The zero-order chi connectivity index (χ0) is 23.8. The maximum absolute atomic E-state index is 13.3. The van der Waals surface area contributed by atoms with E-state index in [1.54, 1.807) is 36.4 Å². The van der Waals surface area contributed by atoms with Crippen LogP contribution in [0.25, 0.3) is 5.76 Å². The molecule has 1 atom stereocenters. The van der Waals surface area contributed by atoms with Crippen molar-refractivity contribution in [1.29, 1.82) is 0 Å². The molecule has 0 aromatic heterocycles. The smallest absolute Gasteiger partial charge is 0.300 e. The number of nitrogens with zero attached hydrogens (tertiary/aromatic N) is 1. The van der Waals surface area contributed by atoms with Crippen LogP contribution in [-0.2, 0) is 16.0 Å². The maximum Gasteiger partial charge on any atom is 0.300 e. The third kappa shape index (κ3) is 3.61. The van der Waals surface area contributed by atoms with Crippen molar-refractivity contribution in [2.24, 2.45) is 0 Å². The van der Waals surface area contributed by atoms with Crippen molar-refractivity contribution in [3.05, 3.63) is 94.6 Å². The van der Waals surface area contributed by atoms with Crippen LogP contribution < -0.4 is 14.4 Å². The van der Waals surface area contributed by atoms with E-state index in [9.17, 15) is 14.7 Å². The standard InChI is InChI=1S/C28H25NO5/c1-3-33-21-11-9-20(10-12-21)29-25(22-7-5-4-6-17(22)2)24(27(31)28(29)32)26(30)19-8-13-23-18(16-19)14-15-34-23/h4-13,16,25,30H,3,14-15H2,1-2H3/b26-24+. The lowest BCUT2D eigenvalue weighted by molar-refractivity contribution is -0.132. The van der Waals surface area contributed by atoms with Gasteiger partial charge in [0.05, 0.1) is 24.8 Å². The van der Waals surface area contributed by atoms with E-state index in [1.165, 1.54) is 4.90 Å². The number of Topliss-reactive ketones (excluding diaryl/α,β-unsaturated/α-hetero) is 1. The monoisotopic (exact) mass is 455 g/mol. The summed E-state index contributed by atoms with van der Waals surface area (Å²) in [5.41, 5.74) is 3.79. The third-order valence-corrected chi connectivity index (χ3v) is 6.32. The number of carbonyl (C=O) groups excluding carboxylic acids is 2. The highest BCUT2D eigenvalue weighted by atomic mass is 16.5. The molecule has 34 heavy (non-hydrogen) atoms. The lowest BCUT2D eigenvalue weighted by atomic mass is 9.92. The van der Waals surface area contributed by atoms with E-state index in [-0.39, 0.29) is 11.3 Å². The molecular weight excluding hydrogens is 430 g/mol. The number of fused-ring (bicyclic) bond motifs is 1. The molecule has 3 aromatic rings. The number of aliphatic hydroxyl groups excluding tert-OH is 1. The molecule has 6 nitrogen and oxygen atoms in total. The Kier molecular flexibility index (Phi) is 5.57. The SMILES string of the molecule is CCOc1ccc(N2C(=O)C(=O)/C(=C(/O)c3ccc4c(c3)CCO4)C2c2ccccc2C)cc1. The van der Waals surface area contributed by atoms with Crippen LogP contribution in [0.2, 0.25) is 0 Å². The minimum absolute atomic E-state index is 0.0760. The van der Waals surface area contributed by atoms with Gasteiger partial charge < -0.3 is 14.6 Å². The van der Waals surface area contributed by atoms with Gasteiger partial charge in [0.2, 0.25) is 0 Å². The van der Waals surface area contributed by atoms with Gasteiger partial charge in [0, 0.05) is 17.7 Å². The molecule has 1 N–H and O–H groups in total. The highest BCUT2D eigenvalue weighted by Gasteiger charge is 2.47.